The van der Waals surface area contributed by atoms with Crippen LogP contribution in [0.3, 0.4) is 0 Å². The second kappa shape index (κ2) is 12.9. The first-order valence-corrected chi connectivity index (χ1v) is 16.6. The maximum atomic E-state index is 15.8. The minimum absolute atomic E-state index is 0.00650. The van der Waals surface area contributed by atoms with E-state index < -0.39 is 40.9 Å². The van der Waals surface area contributed by atoms with E-state index in [1.807, 2.05) is 7.05 Å². The van der Waals surface area contributed by atoms with E-state index in [2.05, 4.69) is 20.9 Å². The van der Waals surface area contributed by atoms with Gasteiger partial charge in [0.15, 0.2) is 0 Å². The number of hydrogen-bond donors (Lipinski definition) is 3. The molecule has 4 aliphatic rings. The number of nitrogens with one attached hydrogen (secondary N) is 3. The maximum Gasteiger partial charge on any atom is 0.408 e. The molecule has 0 bridgehead atoms. The Kier molecular flexibility index (Phi) is 9.50. The first kappa shape index (κ1) is 33.2. The number of alkyl carbamates (subject to hydrolysis) is 1. The lowest BCUT2D eigenvalue weighted by Crippen LogP contribution is -2.58. The Morgan fingerprint density at radius 3 is 2.29 bits per heavy atom. The molecule has 45 heavy (non-hydrogen) atoms. The van der Waals surface area contributed by atoms with E-state index in [1.54, 1.807) is 38.7 Å². The van der Waals surface area contributed by atoms with Crippen molar-refractivity contribution in [1.82, 2.24) is 20.4 Å². The van der Waals surface area contributed by atoms with Crippen LogP contribution >= 0.6 is 0 Å². The van der Waals surface area contributed by atoms with Gasteiger partial charge in [-0.2, -0.15) is 0 Å². The van der Waals surface area contributed by atoms with Crippen LogP contribution in [0.4, 0.5) is 14.9 Å². The second-order valence-corrected chi connectivity index (χ2v) is 14.8. The van der Waals surface area contributed by atoms with Crippen LogP contribution < -0.4 is 16.0 Å². The highest BCUT2D eigenvalue weighted by Crippen LogP contribution is 2.58. The molecule has 5 rings (SSSR count). The lowest BCUT2D eigenvalue weighted by Gasteiger charge is -2.37. The van der Waals surface area contributed by atoms with Gasteiger partial charge in [0, 0.05) is 38.0 Å². The fourth-order valence-electron chi connectivity index (χ4n) is 7.17. The van der Waals surface area contributed by atoms with Crippen LogP contribution in [0.2, 0.25) is 0 Å². The summed E-state index contributed by atoms with van der Waals surface area (Å²) in [7, 11) is 2.01. The zero-order valence-corrected chi connectivity index (χ0v) is 27.5. The van der Waals surface area contributed by atoms with E-state index in [9.17, 15) is 19.2 Å². The number of halogens is 1. The van der Waals surface area contributed by atoms with Gasteiger partial charge in [-0.3, -0.25) is 14.4 Å². The van der Waals surface area contributed by atoms with Gasteiger partial charge < -0.3 is 30.5 Å². The number of anilines is 1. The first-order chi connectivity index (χ1) is 21.2. The monoisotopic (exact) mass is 627 g/mol. The predicted octanol–water partition coefficient (Wildman–Crippen LogP) is 4.33. The van der Waals surface area contributed by atoms with Crippen molar-refractivity contribution in [1.29, 1.82) is 0 Å². The predicted molar refractivity (Wildman–Crippen MR) is 169 cm³/mol. The fourth-order valence-corrected chi connectivity index (χ4v) is 7.17. The van der Waals surface area contributed by atoms with Crippen molar-refractivity contribution in [3.8, 4) is 0 Å². The van der Waals surface area contributed by atoms with Gasteiger partial charge in [0.1, 0.15) is 23.5 Å². The summed E-state index contributed by atoms with van der Waals surface area (Å²) < 4.78 is 21.2. The largest absolute Gasteiger partial charge is 0.444 e. The highest BCUT2D eigenvalue weighted by Gasteiger charge is 2.55. The van der Waals surface area contributed by atoms with E-state index in [1.165, 1.54) is 12.1 Å². The molecular formula is C34H50FN5O5. The Morgan fingerprint density at radius 1 is 1.02 bits per heavy atom. The molecule has 0 radical (unpaired) electrons. The van der Waals surface area contributed by atoms with Crippen molar-refractivity contribution in [2.45, 2.75) is 109 Å². The summed E-state index contributed by atoms with van der Waals surface area (Å²) in [4.78, 5) is 56.7. The van der Waals surface area contributed by atoms with Gasteiger partial charge in [0.25, 0.3) is 0 Å². The molecule has 1 aromatic rings. The van der Waals surface area contributed by atoms with Gasteiger partial charge in [-0.05, 0) is 102 Å². The normalized spacial score (nSPS) is 23.4. The molecule has 1 heterocycles. The Morgan fingerprint density at radius 2 is 1.71 bits per heavy atom. The van der Waals surface area contributed by atoms with Crippen molar-refractivity contribution in [2.24, 2.45) is 11.3 Å². The zero-order chi connectivity index (χ0) is 32.6. The number of ether oxygens (including phenoxy) is 1. The number of carbonyl (C=O) groups excluding carboxylic acids is 4. The van der Waals surface area contributed by atoms with Crippen molar-refractivity contribution in [3.05, 3.63) is 29.6 Å². The summed E-state index contributed by atoms with van der Waals surface area (Å²) in [6.07, 6.45) is 6.88. The number of hydrogen-bond acceptors (Lipinski definition) is 6. The Balaban J connectivity index is 1.34. The molecular weight excluding hydrogens is 577 g/mol. The van der Waals surface area contributed by atoms with E-state index in [0.717, 1.165) is 51.6 Å². The number of likely N-dealkylation sites (N-methyl/N-ethyl adjacent to an activating group) is 1. The first-order valence-electron chi connectivity index (χ1n) is 16.6. The van der Waals surface area contributed by atoms with Crippen LogP contribution in [0, 0.1) is 17.2 Å². The third-order valence-electron chi connectivity index (χ3n) is 10.2. The molecule has 1 aliphatic heterocycles. The van der Waals surface area contributed by atoms with Gasteiger partial charge in [-0.25, -0.2) is 9.18 Å². The van der Waals surface area contributed by atoms with Crippen molar-refractivity contribution < 1.29 is 28.3 Å². The average Bonchev–Trinajstić information content (AvgIpc) is 3.92. The number of benzene rings is 1. The molecule has 4 fully saturated rings. The molecule has 3 saturated carbocycles. The van der Waals surface area contributed by atoms with Crippen molar-refractivity contribution in [3.63, 3.8) is 0 Å². The summed E-state index contributed by atoms with van der Waals surface area (Å²) in [6, 6.07) is 2.98. The summed E-state index contributed by atoms with van der Waals surface area (Å²) >= 11 is 0. The number of carbonyl (C=O) groups is 4. The molecule has 11 heteroatoms. The van der Waals surface area contributed by atoms with E-state index in [-0.39, 0.29) is 35.3 Å². The van der Waals surface area contributed by atoms with Crippen molar-refractivity contribution >= 4 is 29.5 Å². The molecule has 3 aliphatic carbocycles. The van der Waals surface area contributed by atoms with Crippen LogP contribution in [0.5, 0.6) is 0 Å². The molecule has 1 saturated heterocycles. The van der Waals surface area contributed by atoms with Crippen LogP contribution in [-0.4, -0.2) is 84.5 Å². The minimum Gasteiger partial charge on any atom is -0.444 e. The minimum atomic E-state index is -0.860. The van der Waals surface area contributed by atoms with Gasteiger partial charge in [0.2, 0.25) is 17.7 Å². The summed E-state index contributed by atoms with van der Waals surface area (Å²) in [5.41, 5.74) is -0.555. The number of rotatable bonds is 9. The fraction of sp³-hybridized carbons (Fsp3) is 0.706. The molecule has 248 valence electrons. The van der Waals surface area contributed by atoms with E-state index in [4.69, 9.17) is 4.74 Å². The van der Waals surface area contributed by atoms with Crippen LogP contribution in [0.15, 0.2) is 18.2 Å². The number of nitrogens with zero attached hydrogens (tertiary/aromatic N) is 2. The SMILES string of the molecule is CCC(=O)N[C@@H](C(=O)N1CCN(C)CC1)C1(c2ccc(NC(=O)[C@@H](NC(=O)OC(C)(C)C)[C@H]3CCCC4(CC4)C3)c(F)c2)CC1. The highest BCUT2D eigenvalue weighted by molar-refractivity contribution is 5.97. The quantitative estimate of drug-likeness (QED) is 0.375. The lowest BCUT2D eigenvalue weighted by molar-refractivity contribution is -0.138. The average molecular weight is 628 g/mol. The zero-order valence-electron chi connectivity index (χ0n) is 27.5. The molecule has 1 aromatic carbocycles. The number of amides is 4. The van der Waals surface area contributed by atoms with Crippen molar-refractivity contribution in [2.75, 3.05) is 38.5 Å². The second-order valence-electron chi connectivity index (χ2n) is 14.8. The van der Waals surface area contributed by atoms with E-state index >= 15 is 4.39 Å². The summed E-state index contributed by atoms with van der Waals surface area (Å²) in [6.45, 7) is 9.69. The topological polar surface area (TPSA) is 120 Å². The molecule has 3 N–H and O–H groups in total. The van der Waals surface area contributed by atoms with Crippen LogP contribution in [0.1, 0.15) is 91.0 Å². The van der Waals surface area contributed by atoms with Gasteiger partial charge >= 0.3 is 6.09 Å². The molecule has 1 spiro atoms. The summed E-state index contributed by atoms with van der Waals surface area (Å²) in [5.74, 6) is -1.54. The third kappa shape index (κ3) is 7.79. The smallest absolute Gasteiger partial charge is 0.408 e. The third-order valence-corrected chi connectivity index (χ3v) is 10.2. The molecule has 0 aromatic heterocycles. The Hall–Kier alpha value is -3.21. The van der Waals surface area contributed by atoms with Gasteiger partial charge in [0.05, 0.1) is 5.69 Å². The Bertz CT molecular complexity index is 1300. The van der Waals surface area contributed by atoms with Gasteiger partial charge in [-0.1, -0.05) is 19.4 Å². The molecule has 10 nitrogen and oxygen atoms in total. The number of piperazine rings is 1. The molecule has 3 atom stereocenters. The standard InChI is InChI=1S/C34H50FN5O5/c1-6-26(41)37-28(30(43)40-18-16-39(5)17-19-40)34(14-15-34)23-9-10-25(24(35)20-23)36-29(42)27(38-31(44)45-32(2,3)4)22-8-7-11-33(21-22)12-13-33/h9-10,20,22,27-28H,6-8,11-19,21H2,1-5H3,(H,36,42)(H,37,41)(H,38,44)/t22-,27-,28-/m0/s1. The van der Waals surface area contributed by atoms with Crippen LogP contribution in [0.25, 0.3) is 0 Å². The molecule has 4 amide bonds. The lowest BCUT2D eigenvalue weighted by atomic mass is 9.75. The van der Waals surface area contributed by atoms with Crippen LogP contribution in [-0.2, 0) is 24.5 Å². The van der Waals surface area contributed by atoms with Gasteiger partial charge in [-0.15, -0.1) is 0 Å². The molecule has 0 unspecified atom stereocenters. The highest BCUT2D eigenvalue weighted by atomic mass is 19.1. The Labute approximate surface area is 266 Å². The van der Waals surface area contributed by atoms with E-state index in [0.29, 0.717) is 31.5 Å². The maximum absolute atomic E-state index is 15.8. The summed E-state index contributed by atoms with van der Waals surface area (Å²) in [5, 5.41) is 8.49.